The molecule has 0 spiro atoms. The predicted molar refractivity (Wildman–Crippen MR) is 63.2 cm³/mol. The van der Waals surface area contributed by atoms with E-state index in [1.807, 2.05) is 26.0 Å². The van der Waals surface area contributed by atoms with Gasteiger partial charge in [-0.1, -0.05) is 0 Å². The fourth-order valence-electron chi connectivity index (χ4n) is 1.35. The monoisotopic (exact) mass is 209 g/mol. The van der Waals surface area contributed by atoms with Crippen LogP contribution in [0.25, 0.3) is 0 Å². The summed E-state index contributed by atoms with van der Waals surface area (Å²) >= 11 is 0. The van der Waals surface area contributed by atoms with Crippen molar-refractivity contribution in [2.75, 3.05) is 23.8 Å². The minimum Gasteiger partial charge on any atom is -0.396 e. The van der Waals surface area contributed by atoms with Crippen LogP contribution in [0.5, 0.6) is 0 Å². The Kier molecular flexibility index (Phi) is 4.90. The van der Waals surface area contributed by atoms with Gasteiger partial charge in [0.05, 0.1) is 0 Å². The Hall–Kier alpha value is -1.29. The SMILES string of the molecule is CCNc1cc(NC(C)CCO)ccn1. The molecule has 0 aliphatic heterocycles. The Morgan fingerprint density at radius 1 is 1.53 bits per heavy atom. The van der Waals surface area contributed by atoms with E-state index in [1.165, 1.54) is 0 Å². The highest BCUT2D eigenvalue weighted by molar-refractivity contribution is 5.52. The molecular weight excluding hydrogens is 190 g/mol. The molecule has 0 saturated heterocycles. The number of pyridine rings is 1. The zero-order valence-corrected chi connectivity index (χ0v) is 9.33. The van der Waals surface area contributed by atoms with Crippen LogP contribution in [0.4, 0.5) is 11.5 Å². The summed E-state index contributed by atoms with van der Waals surface area (Å²) in [7, 11) is 0. The van der Waals surface area contributed by atoms with E-state index in [2.05, 4.69) is 15.6 Å². The summed E-state index contributed by atoms with van der Waals surface area (Å²) in [6.07, 6.45) is 2.52. The van der Waals surface area contributed by atoms with Gasteiger partial charge in [-0.25, -0.2) is 4.98 Å². The summed E-state index contributed by atoms with van der Waals surface area (Å²) in [6, 6.07) is 4.17. The maximum absolute atomic E-state index is 8.79. The second-order valence-corrected chi connectivity index (χ2v) is 3.52. The number of aliphatic hydroxyl groups is 1. The molecule has 1 aromatic heterocycles. The molecule has 1 heterocycles. The van der Waals surface area contributed by atoms with Crippen molar-refractivity contribution in [2.24, 2.45) is 0 Å². The van der Waals surface area contributed by atoms with Crippen molar-refractivity contribution in [3.05, 3.63) is 18.3 Å². The summed E-state index contributed by atoms with van der Waals surface area (Å²) in [4.78, 5) is 4.18. The van der Waals surface area contributed by atoms with E-state index in [4.69, 9.17) is 5.11 Å². The fourth-order valence-corrected chi connectivity index (χ4v) is 1.35. The quantitative estimate of drug-likeness (QED) is 0.667. The van der Waals surface area contributed by atoms with E-state index >= 15 is 0 Å². The minimum absolute atomic E-state index is 0.208. The topological polar surface area (TPSA) is 57.2 Å². The highest BCUT2D eigenvalue weighted by atomic mass is 16.3. The van der Waals surface area contributed by atoms with Gasteiger partial charge in [0.2, 0.25) is 0 Å². The largest absolute Gasteiger partial charge is 0.396 e. The van der Waals surface area contributed by atoms with Gasteiger partial charge in [0.1, 0.15) is 5.82 Å². The maximum Gasteiger partial charge on any atom is 0.127 e. The van der Waals surface area contributed by atoms with Crippen LogP contribution in [-0.2, 0) is 0 Å². The first kappa shape index (κ1) is 11.8. The molecule has 15 heavy (non-hydrogen) atoms. The average Bonchev–Trinajstić information content (AvgIpc) is 2.19. The van der Waals surface area contributed by atoms with Crippen molar-refractivity contribution in [1.29, 1.82) is 0 Å². The number of rotatable bonds is 6. The molecule has 1 unspecified atom stereocenters. The summed E-state index contributed by atoms with van der Waals surface area (Å²) in [5.74, 6) is 0.874. The summed E-state index contributed by atoms with van der Waals surface area (Å²) < 4.78 is 0. The molecule has 4 heteroatoms. The van der Waals surface area contributed by atoms with Crippen molar-refractivity contribution in [1.82, 2.24) is 4.98 Å². The number of nitrogens with zero attached hydrogens (tertiary/aromatic N) is 1. The van der Waals surface area contributed by atoms with Crippen LogP contribution in [0, 0.1) is 0 Å². The van der Waals surface area contributed by atoms with E-state index in [1.54, 1.807) is 6.20 Å². The van der Waals surface area contributed by atoms with Crippen molar-refractivity contribution >= 4 is 11.5 Å². The number of aromatic nitrogens is 1. The third-order valence-corrected chi connectivity index (χ3v) is 2.09. The standard InChI is InChI=1S/C11H19N3O/c1-3-12-11-8-10(4-6-13-11)14-9(2)5-7-15/h4,6,8-9,15H,3,5,7H2,1-2H3,(H2,12,13,14). The van der Waals surface area contributed by atoms with E-state index < -0.39 is 0 Å². The van der Waals surface area contributed by atoms with Crippen LogP contribution < -0.4 is 10.6 Å². The van der Waals surface area contributed by atoms with Crippen LogP contribution in [0.15, 0.2) is 18.3 Å². The van der Waals surface area contributed by atoms with Gasteiger partial charge in [-0.2, -0.15) is 0 Å². The average molecular weight is 209 g/mol. The summed E-state index contributed by atoms with van der Waals surface area (Å²) in [6.45, 7) is 5.15. The highest BCUT2D eigenvalue weighted by Crippen LogP contribution is 2.13. The molecule has 0 aliphatic carbocycles. The Bertz CT molecular complexity index is 291. The number of anilines is 2. The number of nitrogens with one attached hydrogen (secondary N) is 2. The minimum atomic E-state index is 0.208. The van der Waals surface area contributed by atoms with Gasteiger partial charge in [0.25, 0.3) is 0 Å². The molecule has 1 atom stereocenters. The Labute approximate surface area is 90.7 Å². The smallest absolute Gasteiger partial charge is 0.127 e. The second kappa shape index (κ2) is 6.24. The van der Waals surface area contributed by atoms with Crippen LogP contribution in [0.2, 0.25) is 0 Å². The molecule has 4 nitrogen and oxygen atoms in total. The molecular formula is C11H19N3O. The summed E-state index contributed by atoms with van der Waals surface area (Å²) in [5.41, 5.74) is 1.03. The van der Waals surface area contributed by atoms with Gasteiger partial charge < -0.3 is 15.7 Å². The van der Waals surface area contributed by atoms with E-state index in [0.29, 0.717) is 0 Å². The van der Waals surface area contributed by atoms with Crippen molar-refractivity contribution in [3.8, 4) is 0 Å². The second-order valence-electron chi connectivity index (χ2n) is 3.52. The van der Waals surface area contributed by atoms with Crippen molar-refractivity contribution in [2.45, 2.75) is 26.3 Å². The molecule has 0 bridgehead atoms. The Morgan fingerprint density at radius 3 is 3.00 bits per heavy atom. The molecule has 84 valence electrons. The molecule has 0 aromatic carbocycles. The lowest BCUT2D eigenvalue weighted by Gasteiger charge is -2.14. The van der Waals surface area contributed by atoms with E-state index in [0.717, 1.165) is 24.5 Å². The molecule has 0 radical (unpaired) electrons. The van der Waals surface area contributed by atoms with Crippen molar-refractivity contribution < 1.29 is 5.11 Å². The fraction of sp³-hybridized carbons (Fsp3) is 0.545. The lowest BCUT2D eigenvalue weighted by molar-refractivity contribution is 0.282. The zero-order valence-electron chi connectivity index (χ0n) is 9.33. The molecule has 1 rings (SSSR count). The van der Waals surface area contributed by atoms with Gasteiger partial charge in [-0.3, -0.25) is 0 Å². The van der Waals surface area contributed by atoms with Gasteiger partial charge in [-0.05, 0) is 26.3 Å². The molecule has 0 fully saturated rings. The molecule has 0 aliphatic rings. The Balaban J connectivity index is 2.56. The molecule has 0 saturated carbocycles. The first-order valence-electron chi connectivity index (χ1n) is 5.33. The van der Waals surface area contributed by atoms with Crippen LogP contribution in [0.1, 0.15) is 20.3 Å². The van der Waals surface area contributed by atoms with Crippen LogP contribution in [-0.4, -0.2) is 29.3 Å². The number of aliphatic hydroxyl groups excluding tert-OH is 1. The zero-order chi connectivity index (χ0) is 11.1. The predicted octanol–water partition coefficient (Wildman–Crippen LogP) is 1.70. The molecule has 1 aromatic rings. The maximum atomic E-state index is 8.79. The Morgan fingerprint density at radius 2 is 2.33 bits per heavy atom. The summed E-state index contributed by atoms with van der Waals surface area (Å²) in [5, 5.41) is 15.2. The first-order chi connectivity index (χ1) is 7.26. The van der Waals surface area contributed by atoms with Gasteiger partial charge in [0, 0.05) is 37.1 Å². The number of hydrogen-bond donors (Lipinski definition) is 3. The van der Waals surface area contributed by atoms with Crippen LogP contribution >= 0.6 is 0 Å². The van der Waals surface area contributed by atoms with Crippen molar-refractivity contribution in [3.63, 3.8) is 0 Å². The van der Waals surface area contributed by atoms with Gasteiger partial charge >= 0.3 is 0 Å². The first-order valence-corrected chi connectivity index (χ1v) is 5.33. The lowest BCUT2D eigenvalue weighted by atomic mass is 10.2. The van der Waals surface area contributed by atoms with E-state index in [-0.39, 0.29) is 12.6 Å². The molecule has 0 amide bonds. The number of hydrogen-bond acceptors (Lipinski definition) is 4. The van der Waals surface area contributed by atoms with Gasteiger partial charge in [-0.15, -0.1) is 0 Å². The highest BCUT2D eigenvalue weighted by Gasteiger charge is 2.01. The van der Waals surface area contributed by atoms with Crippen LogP contribution in [0.3, 0.4) is 0 Å². The third kappa shape index (κ3) is 4.16. The lowest BCUT2D eigenvalue weighted by Crippen LogP contribution is -2.16. The van der Waals surface area contributed by atoms with E-state index in [9.17, 15) is 0 Å². The van der Waals surface area contributed by atoms with Gasteiger partial charge in [0.15, 0.2) is 0 Å². The third-order valence-electron chi connectivity index (χ3n) is 2.09. The molecule has 3 N–H and O–H groups in total. The normalized spacial score (nSPS) is 12.2.